The summed E-state index contributed by atoms with van der Waals surface area (Å²) in [5.41, 5.74) is 2.88. The Labute approximate surface area is 125 Å². The maximum Gasteiger partial charge on any atom is 0.181 e. The van der Waals surface area contributed by atoms with E-state index in [2.05, 4.69) is 43.1 Å². The largest absolute Gasteiger partial charge is 0.376 e. The van der Waals surface area contributed by atoms with Gasteiger partial charge >= 0.3 is 0 Å². The van der Waals surface area contributed by atoms with E-state index in [9.17, 15) is 0 Å². The van der Waals surface area contributed by atoms with Gasteiger partial charge in [0.15, 0.2) is 5.82 Å². The minimum Gasteiger partial charge on any atom is -0.376 e. The highest BCUT2D eigenvalue weighted by Crippen LogP contribution is 2.28. The summed E-state index contributed by atoms with van der Waals surface area (Å²) in [7, 11) is 0. The van der Waals surface area contributed by atoms with Gasteiger partial charge < -0.3 is 10.1 Å². The molecule has 0 aliphatic carbocycles. The Bertz CT molecular complexity index is 633. The highest BCUT2D eigenvalue weighted by atomic mass is 79.9. The van der Waals surface area contributed by atoms with Crippen molar-refractivity contribution in [1.29, 1.82) is 0 Å². The van der Waals surface area contributed by atoms with Crippen LogP contribution in [0.3, 0.4) is 0 Å². The summed E-state index contributed by atoms with van der Waals surface area (Å²) >= 11 is 3.50. The molecule has 104 valence electrons. The molecule has 0 bridgehead atoms. The van der Waals surface area contributed by atoms with Crippen molar-refractivity contribution < 1.29 is 4.74 Å². The lowest BCUT2D eigenvalue weighted by molar-refractivity contribution is 0.109. The molecule has 0 spiro atoms. The van der Waals surface area contributed by atoms with Crippen molar-refractivity contribution in [3.8, 4) is 11.5 Å². The molecule has 0 fully saturated rings. The van der Waals surface area contributed by atoms with E-state index in [1.165, 1.54) is 0 Å². The number of pyridine rings is 1. The van der Waals surface area contributed by atoms with Crippen LogP contribution in [0.4, 0.5) is 5.82 Å². The average molecular weight is 335 g/mol. The van der Waals surface area contributed by atoms with Gasteiger partial charge in [-0.2, -0.15) is 0 Å². The van der Waals surface area contributed by atoms with Crippen LogP contribution in [0.1, 0.15) is 18.2 Å². The van der Waals surface area contributed by atoms with E-state index in [4.69, 9.17) is 4.74 Å². The standard InChI is InChI=1S/C14H15BrN4O/c1-2-16-13-9-8-20-7-5-11(9)18-14(19-13)12-10(15)4-3-6-17-12/h3-4,6H,2,5,7-8H2,1H3,(H,16,18,19). The molecule has 0 radical (unpaired) electrons. The van der Waals surface area contributed by atoms with Crippen LogP contribution in [0.5, 0.6) is 0 Å². The summed E-state index contributed by atoms with van der Waals surface area (Å²) in [5.74, 6) is 1.50. The van der Waals surface area contributed by atoms with E-state index in [1.807, 2.05) is 12.1 Å². The van der Waals surface area contributed by atoms with Crippen LogP contribution in [0.2, 0.25) is 0 Å². The number of fused-ring (bicyclic) bond motifs is 1. The number of hydrogen-bond donors (Lipinski definition) is 1. The third-order valence-corrected chi connectivity index (χ3v) is 3.78. The zero-order valence-electron chi connectivity index (χ0n) is 11.2. The fourth-order valence-corrected chi connectivity index (χ4v) is 2.63. The van der Waals surface area contributed by atoms with Gasteiger partial charge in [-0.3, -0.25) is 4.98 Å². The van der Waals surface area contributed by atoms with Crippen LogP contribution in [-0.2, 0) is 17.8 Å². The van der Waals surface area contributed by atoms with E-state index in [1.54, 1.807) is 6.20 Å². The molecule has 0 atom stereocenters. The van der Waals surface area contributed by atoms with Crippen LogP contribution < -0.4 is 5.32 Å². The highest BCUT2D eigenvalue weighted by molar-refractivity contribution is 9.10. The lowest BCUT2D eigenvalue weighted by Crippen LogP contribution is -2.17. The average Bonchev–Trinajstić information content (AvgIpc) is 2.48. The molecule has 20 heavy (non-hydrogen) atoms. The third kappa shape index (κ3) is 2.53. The fourth-order valence-electron chi connectivity index (χ4n) is 2.20. The molecular weight excluding hydrogens is 320 g/mol. The van der Waals surface area contributed by atoms with Gasteiger partial charge in [-0.25, -0.2) is 9.97 Å². The number of hydrogen-bond acceptors (Lipinski definition) is 5. The number of aromatic nitrogens is 3. The maximum atomic E-state index is 5.51. The first-order chi connectivity index (χ1) is 9.79. The minimum atomic E-state index is 0.571. The van der Waals surface area contributed by atoms with Crippen LogP contribution in [-0.4, -0.2) is 28.1 Å². The molecule has 3 rings (SSSR count). The van der Waals surface area contributed by atoms with Gasteiger partial charge in [-0.1, -0.05) is 0 Å². The van der Waals surface area contributed by atoms with E-state index >= 15 is 0 Å². The van der Waals surface area contributed by atoms with Crippen molar-refractivity contribution in [2.75, 3.05) is 18.5 Å². The molecule has 0 amide bonds. The summed E-state index contributed by atoms with van der Waals surface area (Å²) in [5, 5.41) is 3.29. The molecule has 3 heterocycles. The SMILES string of the molecule is CCNc1nc(-c2ncccc2Br)nc2c1COCC2. The van der Waals surface area contributed by atoms with Gasteiger partial charge in [-0.05, 0) is 35.0 Å². The van der Waals surface area contributed by atoms with Gasteiger partial charge in [0.25, 0.3) is 0 Å². The highest BCUT2D eigenvalue weighted by Gasteiger charge is 2.19. The summed E-state index contributed by atoms with van der Waals surface area (Å²) < 4.78 is 6.41. The van der Waals surface area contributed by atoms with E-state index in [0.29, 0.717) is 19.0 Å². The Kier molecular flexibility index (Phi) is 3.93. The van der Waals surface area contributed by atoms with Gasteiger partial charge in [0.2, 0.25) is 0 Å². The van der Waals surface area contributed by atoms with Gasteiger partial charge in [0, 0.05) is 29.2 Å². The van der Waals surface area contributed by atoms with Crippen molar-refractivity contribution in [2.45, 2.75) is 20.0 Å². The van der Waals surface area contributed by atoms with E-state index < -0.39 is 0 Å². The Morgan fingerprint density at radius 1 is 1.40 bits per heavy atom. The Balaban J connectivity index is 2.13. The van der Waals surface area contributed by atoms with Crippen molar-refractivity contribution in [3.05, 3.63) is 34.1 Å². The molecule has 5 nitrogen and oxygen atoms in total. The van der Waals surface area contributed by atoms with Crippen LogP contribution in [0.15, 0.2) is 22.8 Å². The molecule has 0 aromatic carbocycles. The quantitative estimate of drug-likeness (QED) is 0.935. The van der Waals surface area contributed by atoms with Crippen molar-refractivity contribution in [1.82, 2.24) is 15.0 Å². The molecule has 0 unspecified atom stereocenters. The topological polar surface area (TPSA) is 59.9 Å². The van der Waals surface area contributed by atoms with Crippen molar-refractivity contribution in [2.24, 2.45) is 0 Å². The third-order valence-electron chi connectivity index (χ3n) is 3.14. The molecule has 6 heteroatoms. The monoisotopic (exact) mass is 334 g/mol. The number of ether oxygens (including phenoxy) is 1. The minimum absolute atomic E-state index is 0.571. The second-order valence-electron chi connectivity index (χ2n) is 4.49. The van der Waals surface area contributed by atoms with Gasteiger partial charge in [-0.15, -0.1) is 0 Å². The Hall–Kier alpha value is -1.53. The second kappa shape index (κ2) is 5.85. The molecule has 0 saturated heterocycles. The summed E-state index contributed by atoms with van der Waals surface area (Å²) in [6.07, 6.45) is 2.56. The second-order valence-corrected chi connectivity index (χ2v) is 5.34. The van der Waals surface area contributed by atoms with Gasteiger partial charge in [0.05, 0.1) is 18.9 Å². The van der Waals surface area contributed by atoms with Crippen molar-refractivity contribution >= 4 is 21.7 Å². The van der Waals surface area contributed by atoms with Crippen molar-refractivity contribution in [3.63, 3.8) is 0 Å². The normalized spacial score (nSPS) is 13.9. The van der Waals surface area contributed by atoms with Crippen LogP contribution in [0, 0.1) is 0 Å². The predicted molar refractivity (Wildman–Crippen MR) is 80.5 cm³/mol. The number of halogens is 1. The fraction of sp³-hybridized carbons (Fsp3) is 0.357. The molecular formula is C14H15BrN4O. The van der Waals surface area contributed by atoms with Gasteiger partial charge in [0.1, 0.15) is 11.5 Å². The molecule has 2 aromatic heterocycles. The number of anilines is 1. The van der Waals surface area contributed by atoms with Crippen LogP contribution in [0.25, 0.3) is 11.5 Å². The first kappa shape index (κ1) is 13.5. The maximum absolute atomic E-state index is 5.51. The molecule has 2 aromatic rings. The first-order valence-corrected chi connectivity index (χ1v) is 7.41. The number of nitrogens with zero attached hydrogens (tertiary/aromatic N) is 3. The summed E-state index contributed by atoms with van der Waals surface area (Å²) in [6, 6.07) is 3.83. The molecule has 1 aliphatic rings. The lowest BCUT2D eigenvalue weighted by Gasteiger charge is -2.19. The number of nitrogens with one attached hydrogen (secondary N) is 1. The number of rotatable bonds is 3. The zero-order chi connectivity index (χ0) is 13.9. The summed E-state index contributed by atoms with van der Waals surface area (Å²) in [4.78, 5) is 13.6. The predicted octanol–water partition coefficient (Wildman–Crippen LogP) is 2.81. The smallest absolute Gasteiger partial charge is 0.181 e. The van der Waals surface area contributed by atoms with Crippen LogP contribution >= 0.6 is 15.9 Å². The molecule has 1 aliphatic heterocycles. The lowest BCUT2D eigenvalue weighted by atomic mass is 10.1. The molecule has 1 N–H and O–H groups in total. The van der Waals surface area contributed by atoms with E-state index in [0.717, 1.165) is 40.2 Å². The molecule has 0 saturated carbocycles. The first-order valence-electron chi connectivity index (χ1n) is 6.62. The summed E-state index contributed by atoms with van der Waals surface area (Å²) in [6.45, 7) is 4.14. The van der Waals surface area contributed by atoms with E-state index in [-0.39, 0.29) is 0 Å². The Morgan fingerprint density at radius 3 is 3.10 bits per heavy atom. The zero-order valence-corrected chi connectivity index (χ0v) is 12.8. The Morgan fingerprint density at radius 2 is 2.30 bits per heavy atom.